The fraction of sp³-hybridized carbons (Fsp3) is 0.303. The third-order valence-corrected chi connectivity index (χ3v) is 7.93. The van der Waals surface area contributed by atoms with E-state index in [0.717, 1.165) is 35.1 Å². The number of nitrogens with one attached hydrogen (secondary N) is 1. The molecule has 1 N–H and O–H groups in total. The second-order valence-electron chi connectivity index (χ2n) is 10.5. The molecule has 0 radical (unpaired) electrons. The van der Waals surface area contributed by atoms with Crippen LogP contribution in [0.5, 0.6) is 0 Å². The predicted octanol–water partition coefficient (Wildman–Crippen LogP) is 5.46. The zero-order chi connectivity index (χ0) is 26.7. The van der Waals surface area contributed by atoms with Crippen molar-refractivity contribution in [3.8, 4) is 0 Å². The topological polar surface area (TPSA) is 50.8 Å². The van der Waals surface area contributed by atoms with Crippen LogP contribution in [0.1, 0.15) is 40.8 Å². The van der Waals surface area contributed by atoms with Gasteiger partial charge in [-0.05, 0) is 40.3 Å². The van der Waals surface area contributed by atoms with Crippen LogP contribution in [-0.2, 0) is 20.7 Å². The third-order valence-electron chi connectivity index (χ3n) is 7.93. The average Bonchev–Trinajstić information content (AvgIpc) is 3.01. The molecule has 0 spiro atoms. The minimum absolute atomic E-state index is 0.0281. The number of nitrogens with zero attached hydrogens (tertiary/aromatic N) is 1. The van der Waals surface area contributed by atoms with E-state index in [0.29, 0.717) is 19.8 Å². The van der Waals surface area contributed by atoms with Crippen LogP contribution >= 0.6 is 0 Å². The number of ether oxygens (including phenoxy) is 2. The molecule has 6 heteroatoms. The van der Waals surface area contributed by atoms with E-state index in [-0.39, 0.29) is 24.5 Å². The van der Waals surface area contributed by atoms with E-state index < -0.39 is 12.0 Å². The maximum Gasteiger partial charge on any atom is 0.210 e. The molecular weight excluding hydrogens is 491 g/mol. The van der Waals surface area contributed by atoms with Crippen LogP contribution < -0.4 is 5.32 Å². The van der Waals surface area contributed by atoms with Crippen molar-refractivity contribution in [3.05, 3.63) is 131 Å². The molecule has 1 amide bonds. The van der Waals surface area contributed by atoms with Gasteiger partial charge in [-0.25, -0.2) is 4.39 Å². The quantitative estimate of drug-likeness (QED) is 0.417. The summed E-state index contributed by atoms with van der Waals surface area (Å²) in [7, 11) is 0. The molecule has 6 rings (SSSR count). The Morgan fingerprint density at radius 2 is 1.56 bits per heavy atom. The largest absolute Gasteiger partial charge is 0.347 e. The Hall–Kier alpha value is -3.58. The number of hydrogen-bond donors (Lipinski definition) is 1. The number of rotatable bonds is 7. The number of carbonyl (C=O) groups is 1. The number of alkyl halides is 1. The summed E-state index contributed by atoms with van der Waals surface area (Å²) in [4.78, 5) is 13.6. The summed E-state index contributed by atoms with van der Waals surface area (Å²) < 4.78 is 28.1. The molecule has 1 unspecified atom stereocenters. The number of amides is 1. The van der Waals surface area contributed by atoms with Crippen LogP contribution in [0.3, 0.4) is 0 Å². The number of halogens is 1. The van der Waals surface area contributed by atoms with Gasteiger partial charge in [0.2, 0.25) is 6.41 Å². The summed E-state index contributed by atoms with van der Waals surface area (Å²) in [5.74, 6) is 0. The van der Waals surface area contributed by atoms with E-state index in [1.807, 2.05) is 54.6 Å². The van der Waals surface area contributed by atoms with Crippen LogP contribution in [0.25, 0.3) is 0 Å². The Bertz CT molecular complexity index is 1300. The number of fused-ring (bicyclic) bond motifs is 1. The summed E-state index contributed by atoms with van der Waals surface area (Å²) >= 11 is 0. The second kappa shape index (κ2) is 11.3. The first kappa shape index (κ1) is 25.7. The molecule has 2 aliphatic heterocycles. The first-order chi connectivity index (χ1) is 19.1. The first-order valence-corrected chi connectivity index (χ1v) is 13.6. The van der Waals surface area contributed by atoms with Gasteiger partial charge in [0.1, 0.15) is 0 Å². The number of allylic oxidation sites excluding steroid dienone is 1. The van der Waals surface area contributed by atoms with Gasteiger partial charge in [-0.1, -0.05) is 97.1 Å². The smallest absolute Gasteiger partial charge is 0.210 e. The van der Waals surface area contributed by atoms with Gasteiger partial charge in [0.25, 0.3) is 0 Å². The molecule has 39 heavy (non-hydrogen) atoms. The Balaban J connectivity index is 1.12. The lowest BCUT2D eigenvalue weighted by Gasteiger charge is -2.40. The van der Waals surface area contributed by atoms with E-state index >= 15 is 4.39 Å². The summed E-state index contributed by atoms with van der Waals surface area (Å²) in [5.41, 5.74) is 3.78. The summed E-state index contributed by atoms with van der Waals surface area (Å²) in [6, 6.07) is 28.4. The van der Waals surface area contributed by atoms with E-state index in [9.17, 15) is 4.79 Å². The zero-order valence-electron chi connectivity index (χ0n) is 21.8. The molecule has 200 valence electrons. The van der Waals surface area contributed by atoms with Gasteiger partial charge in [0.05, 0.1) is 31.3 Å². The van der Waals surface area contributed by atoms with Gasteiger partial charge in [0.15, 0.2) is 12.0 Å². The minimum atomic E-state index is -1.77. The van der Waals surface area contributed by atoms with Crippen molar-refractivity contribution >= 4 is 6.41 Å². The van der Waals surface area contributed by atoms with Crippen molar-refractivity contribution in [2.24, 2.45) is 0 Å². The Morgan fingerprint density at radius 3 is 2.18 bits per heavy atom. The van der Waals surface area contributed by atoms with Gasteiger partial charge in [-0.15, -0.1) is 0 Å². The molecule has 2 atom stereocenters. The summed E-state index contributed by atoms with van der Waals surface area (Å²) in [5, 5.41) is 3.65. The minimum Gasteiger partial charge on any atom is -0.347 e. The fourth-order valence-electron chi connectivity index (χ4n) is 5.88. The molecule has 2 heterocycles. The molecule has 5 nitrogen and oxygen atoms in total. The van der Waals surface area contributed by atoms with Crippen molar-refractivity contribution in [3.63, 3.8) is 0 Å². The molecule has 1 aliphatic carbocycles. The lowest BCUT2D eigenvalue weighted by atomic mass is 9.83. The van der Waals surface area contributed by atoms with Crippen molar-refractivity contribution in [1.29, 1.82) is 0 Å². The van der Waals surface area contributed by atoms with Gasteiger partial charge < -0.3 is 14.4 Å². The van der Waals surface area contributed by atoms with Gasteiger partial charge >= 0.3 is 0 Å². The highest BCUT2D eigenvalue weighted by Crippen LogP contribution is 2.40. The molecule has 1 saturated heterocycles. The highest BCUT2D eigenvalue weighted by Gasteiger charge is 2.43. The number of benzene rings is 3. The van der Waals surface area contributed by atoms with Crippen molar-refractivity contribution in [2.45, 2.75) is 42.9 Å². The lowest BCUT2D eigenvalue weighted by Crippen LogP contribution is -2.52. The van der Waals surface area contributed by atoms with Gasteiger partial charge in [-0.2, -0.15) is 0 Å². The molecular formula is C33H33FN2O3. The SMILES string of the molecule is O=CN1CCc2ccccc2[C@@H]1C1=CCC(F)(C2OCC(NC(c3ccccc3)c3ccccc3)CO2)C=C1. The first-order valence-electron chi connectivity index (χ1n) is 13.6. The van der Waals surface area contributed by atoms with E-state index in [4.69, 9.17) is 9.47 Å². The average molecular weight is 525 g/mol. The standard InChI is InChI=1S/C33H33FN2O3/c34-33(18-15-27(16-19-33)31-29-14-8-7-9-24(29)17-20-36(31)23-37)32-38-21-28(22-39-32)35-30(25-10-3-1-4-11-25)26-12-5-2-6-13-26/h1-16,18,23,28,30-32,35H,17,19-22H2/t28?,31-,32?,33?/m0/s1. The van der Waals surface area contributed by atoms with E-state index in [2.05, 4.69) is 41.7 Å². The number of carbonyl (C=O) groups excluding carboxylic acids is 1. The van der Waals surface area contributed by atoms with Gasteiger partial charge in [0, 0.05) is 13.0 Å². The van der Waals surface area contributed by atoms with Crippen molar-refractivity contribution < 1.29 is 18.7 Å². The molecule has 3 aliphatic rings. The highest BCUT2D eigenvalue weighted by molar-refractivity contribution is 5.55. The lowest BCUT2D eigenvalue weighted by molar-refractivity contribution is -0.236. The van der Waals surface area contributed by atoms with Crippen LogP contribution in [0.15, 0.2) is 109 Å². The maximum absolute atomic E-state index is 16.1. The maximum atomic E-state index is 16.1. The normalized spacial score (nSPS) is 26.7. The Labute approximate surface area is 228 Å². The Morgan fingerprint density at radius 1 is 0.923 bits per heavy atom. The summed E-state index contributed by atoms with van der Waals surface area (Å²) in [6.07, 6.45) is 6.10. The van der Waals surface area contributed by atoms with Crippen LogP contribution in [0, 0.1) is 0 Å². The van der Waals surface area contributed by atoms with Crippen molar-refractivity contribution in [1.82, 2.24) is 10.2 Å². The molecule has 3 aromatic carbocycles. The zero-order valence-corrected chi connectivity index (χ0v) is 21.8. The molecule has 0 aromatic heterocycles. The second-order valence-corrected chi connectivity index (χ2v) is 10.5. The predicted molar refractivity (Wildman–Crippen MR) is 149 cm³/mol. The monoisotopic (exact) mass is 524 g/mol. The Kier molecular flexibility index (Phi) is 7.42. The highest BCUT2D eigenvalue weighted by atomic mass is 19.1. The molecule has 0 bridgehead atoms. The molecule has 1 fully saturated rings. The van der Waals surface area contributed by atoms with E-state index in [1.54, 1.807) is 17.1 Å². The van der Waals surface area contributed by atoms with E-state index in [1.165, 1.54) is 5.56 Å². The molecule has 3 aromatic rings. The molecule has 0 saturated carbocycles. The fourth-order valence-corrected chi connectivity index (χ4v) is 5.88. The van der Waals surface area contributed by atoms with Crippen molar-refractivity contribution in [2.75, 3.05) is 19.8 Å². The number of hydrogen-bond acceptors (Lipinski definition) is 4. The van der Waals surface area contributed by atoms with Crippen LogP contribution in [0.4, 0.5) is 4.39 Å². The van der Waals surface area contributed by atoms with Gasteiger partial charge in [-0.3, -0.25) is 10.1 Å². The summed E-state index contributed by atoms with van der Waals surface area (Å²) in [6.45, 7) is 1.32. The van der Waals surface area contributed by atoms with Crippen LogP contribution in [-0.4, -0.2) is 49.1 Å². The van der Waals surface area contributed by atoms with Crippen LogP contribution in [0.2, 0.25) is 0 Å². The third kappa shape index (κ3) is 5.33.